The quantitative estimate of drug-likeness (QED) is 0.648. The minimum atomic E-state index is -0.0114. The second-order valence-electron chi connectivity index (χ2n) is 4.99. The molecule has 0 spiro atoms. The van der Waals surface area contributed by atoms with Gasteiger partial charge in [-0.05, 0) is 49.1 Å². The molecule has 4 nitrogen and oxygen atoms in total. The molecule has 0 aliphatic carbocycles. The molecule has 1 heterocycles. The number of aryl methyl sites for hydroxylation is 2. The molecule has 106 valence electrons. The second kappa shape index (κ2) is 6.50. The number of nitrogens with two attached hydrogens (primary N) is 1. The minimum Gasteiger partial charge on any atom is -0.497 e. The van der Waals surface area contributed by atoms with Gasteiger partial charge >= 0.3 is 0 Å². The molecule has 2 rings (SSSR count). The Bertz CT molecular complexity index is 584. The van der Waals surface area contributed by atoms with Crippen LogP contribution < -0.4 is 16.0 Å². The highest BCUT2D eigenvalue weighted by Crippen LogP contribution is 2.22. The molecule has 4 heteroatoms. The fourth-order valence-electron chi connectivity index (χ4n) is 2.36. The van der Waals surface area contributed by atoms with Crippen molar-refractivity contribution in [2.75, 3.05) is 7.11 Å². The molecule has 0 aliphatic heterocycles. The number of rotatable bonds is 5. The first-order chi connectivity index (χ1) is 9.63. The molecule has 0 aliphatic rings. The molecule has 2 aromatic rings. The van der Waals surface area contributed by atoms with Crippen LogP contribution in [0.25, 0.3) is 0 Å². The Morgan fingerprint density at radius 3 is 2.75 bits per heavy atom. The number of aromatic nitrogens is 1. The zero-order valence-corrected chi connectivity index (χ0v) is 12.2. The van der Waals surface area contributed by atoms with E-state index in [4.69, 9.17) is 10.6 Å². The summed E-state index contributed by atoms with van der Waals surface area (Å²) in [5.74, 6) is 6.56. The van der Waals surface area contributed by atoms with Crippen LogP contribution in [0.3, 0.4) is 0 Å². The summed E-state index contributed by atoms with van der Waals surface area (Å²) in [6, 6.07) is 10.1. The van der Waals surface area contributed by atoms with Crippen LogP contribution in [0.1, 0.15) is 28.4 Å². The normalized spacial score (nSPS) is 12.2. The Hall–Kier alpha value is -1.91. The predicted octanol–water partition coefficient (Wildman–Crippen LogP) is 2.45. The van der Waals surface area contributed by atoms with E-state index in [0.717, 1.165) is 34.6 Å². The molecular weight excluding hydrogens is 250 g/mol. The highest BCUT2D eigenvalue weighted by Gasteiger charge is 2.15. The maximum absolute atomic E-state index is 5.71. The summed E-state index contributed by atoms with van der Waals surface area (Å²) < 4.78 is 5.25. The Balaban J connectivity index is 2.23. The van der Waals surface area contributed by atoms with E-state index in [0.29, 0.717) is 0 Å². The summed E-state index contributed by atoms with van der Waals surface area (Å²) in [5, 5.41) is 0. The van der Waals surface area contributed by atoms with Crippen molar-refractivity contribution in [2.45, 2.75) is 26.3 Å². The van der Waals surface area contributed by atoms with Crippen LogP contribution in [0.4, 0.5) is 0 Å². The summed E-state index contributed by atoms with van der Waals surface area (Å²) in [6.45, 7) is 4.10. The fourth-order valence-corrected chi connectivity index (χ4v) is 2.36. The third-order valence-corrected chi connectivity index (χ3v) is 3.36. The number of methoxy groups -OCH3 is 1. The number of hydrogen-bond acceptors (Lipinski definition) is 4. The second-order valence-corrected chi connectivity index (χ2v) is 4.99. The predicted molar refractivity (Wildman–Crippen MR) is 80.5 cm³/mol. The summed E-state index contributed by atoms with van der Waals surface area (Å²) in [4.78, 5) is 4.51. The largest absolute Gasteiger partial charge is 0.497 e. The van der Waals surface area contributed by atoms with Crippen molar-refractivity contribution in [1.82, 2.24) is 10.4 Å². The molecule has 1 aromatic heterocycles. The molecule has 0 saturated heterocycles. The number of hydrogen-bond donors (Lipinski definition) is 2. The summed E-state index contributed by atoms with van der Waals surface area (Å²) in [6.07, 6.45) is 2.64. The van der Waals surface area contributed by atoms with Gasteiger partial charge in [0.1, 0.15) is 5.75 Å². The number of nitrogens with zero attached hydrogens (tertiary/aromatic N) is 1. The van der Waals surface area contributed by atoms with Gasteiger partial charge in [-0.25, -0.2) is 0 Å². The van der Waals surface area contributed by atoms with E-state index < -0.39 is 0 Å². The van der Waals surface area contributed by atoms with Crippen molar-refractivity contribution in [3.63, 3.8) is 0 Å². The third kappa shape index (κ3) is 3.35. The molecule has 1 aromatic carbocycles. The van der Waals surface area contributed by atoms with Crippen molar-refractivity contribution in [1.29, 1.82) is 0 Å². The summed E-state index contributed by atoms with van der Waals surface area (Å²) >= 11 is 0. The van der Waals surface area contributed by atoms with Crippen molar-refractivity contribution in [3.05, 3.63) is 58.9 Å². The molecule has 0 amide bonds. The van der Waals surface area contributed by atoms with Crippen LogP contribution in [-0.2, 0) is 6.42 Å². The Labute approximate surface area is 120 Å². The number of hydrazine groups is 1. The number of nitrogens with one attached hydrogen (secondary N) is 1. The van der Waals surface area contributed by atoms with Gasteiger partial charge in [-0.15, -0.1) is 0 Å². The van der Waals surface area contributed by atoms with Crippen molar-refractivity contribution in [2.24, 2.45) is 5.84 Å². The van der Waals surface area contributed by atoms with Gasteiger partial charge in [-0.1, -0.05) is 18.2 Å². The van der Waals surface area contributed by atoms with E-state index in [1.807, 2.05) is 31.3 Å². The lowest BCUT2D eigenvalue weighted by atomic mass is 9.99. The SMILES string of the molecule is COc1cccc(CC(NN)c2ncc(C)cc2C)c1. The zero-order valence-electron chi connectivity index (χ0n) is 12.2. The van der Waals surface area contributed by atoms with Crippen molar-refractivity contribution >= 4 is 0 Å². The number of benzene rings is 1. The van der Waals surface area contributed by atoms with Gasteiger partial charge in [0.05, 0.1) is 18.8 Å². The first-order valence-electron chi connectivity index (χ1n) is 6.66. The van der Waals surface area contributed by atoms with Crippen LogP contribution in [0.5, 0.6) is 5.75 Å². The van der Waals surface area contributed by atoms with Gasteiger partial charge in [0.15, 0.2) is 0 Å². The fraction of sp³-hybridized carbons (Fsp3) is 0.312. The first kappa shape index (κ1) is 14.5. The molecule has 0 bridgehead atoms. The maximum atomic E-state index is 5.71. The van der Waals surface area contributed by atoms with Crippen LogP contribution >= 0.6 is 0 Å². The maximum Gasteiger partial charge on any atom is 0.119 e. The standard InChI is InChI=1S/C16H21N3O/c1-11-7-12(2)16(18-10-11)15(19-17)9-13-5-4-6-14(8-13)20-3/h4-8,10,15,19H,9,17H2,1-3H3. The molecule has 20 heavy (non-hydrogen) atoms. The lowest BCUT2D eigenvalue weighted by Crippen LogP contribution is -2.30. The Morgan fingerprint density at radius 2 is 2.10 bits per heavy atom. The van der Waals surface area contributed by atoms with Crippen LogP contribution in [0, 0.1) is 13.8 Å². The van der Waals surface area contributed by atoms with Gasteiger partial charge < -0.3 is 4.74 Å². The average molecular weight is 271 g/mol. The van der Waals surface area contributed by atoms with E-state index in [2.05, 4.69) is 29.5 Å². The lowest BCUT2D eigenvalue weighted by Gasteiger charge is -2.18. The van der Waals surface area contributed by atoms with Crippen molar-refractivity contribution in [3.8, 4) is 5.75 Å². The van der Waals surface area contributed by atoms with E-state index in [9.17, 15) is 0 Å². The molecular formula is C16H21N3O. The molecule has 0 radical (unpaired) electrons. The highest BCUT2D eigenvalue weighted by atomic mass is 16.5. The molecule has 0 fully saturated rings. The van der Waals surface area contributed by atoms with E-state index in [1.165, 1.54) is 0 Å². The molecule has 0 saturated carbocycles. The topological polar surface area (TPSA) is 60.2 Å². The third-order valence-electron chi connectivity index (χ3n) is 3.36. The van der Waals surface area contributed by atoms with E-state index in [1.54, 1.807) is 7.11 Å². The van der Waals surface area contributed by atoms with E-state index in [-0.39, 0.29) is 6.04 Å². The monoisotopic (exact) mass is 271 g/mol. The first-order valence-corrected chi connectivity index (χ1v) is 6.66. The Kier molecular flexibility index (Phi) is 4.71. The molecule has 1 unspecified atom stereocenters. The smallest absolute Gasteiger partial charge is 0.119 e. The Morgan fingerprint density at radius 1 is 1.30 bits per heavy atom. The van der Waals surface area contributed by atoms with Gasteiger partial charge in [0.25, 0.3) is 0 Å². The van der Waals surface area contributed by atoms with Crippen LogP contribution in [-0.4, -0.2) is 12.1 Å². The van der Waals surface area contributed by atoms with E-state index >= 15 is 0 Å². The summed E-state index contributed by atoms with van der Waals surface area (Å²) in [5.41, 5.74) is 7.31. The van der Waals surface area contributed by atoms with Crippen LogP contribution in [0.15, 0.2) is 36.5 Å². The summed E-state index contributed by atoms with van der Waals surface area (Å²) in [7, 11) is 1.67. The molecule has 3 N–H and O–H groups in total. The number of pyridine rings is 1. The average Bonchev–Trinajstić information content (AvgIpc) is 2.45. The number of ether oxygens (including phenoxy) is 1. The lowest BCUT2D eigenvalue weighted by molar-refractivity contribution is 0.413. The zero-order chi connectivity index (χ0) is 14.5. The highest BCUT2D eigenvalue weighted by molar-refractivity contribution is 5.31. The van der Waals surface area contributed by atoms with Crippen LogP contribution in [0.2, 0.25) is 0 Å². The van der Waals surface area contributed by atoms with Gasteiger partial charge in [0, 0.05) is 6.20 Å². The van der Waals surface area contributed by atoms with Gasteiger partial charge in [0.2, 0.25) is 0 Å². The van der Waals surface area contributed by atoms with Crippen molar-refractivity contribution < 1.29 is 4.74 Å². The van der Waals surface area contributed by atoms with Gasteiger partial charge in [-0.2, -0.15) is 0 Å². The molecule has 1 atom stereocenters. The minimum absolute atomic E-state index is 0.0114. The van der Waals surface area contributed by atoms with Gasteiger partial charge in [-0.3, -0.25) is 16.3 Å².